The number of H-pyrrole nitrogens is 1. The number of benzene rings is 2. The second-order valence-electron chi connectivity index (χ2n) is 4.70. The lowest BCUT2D eigenvalue weighted by atomic mass is 10.1. The van der Waals surface area contributed by atoms with Crippen molar-refractivity contribution in [3.8, 4) is 0 Å². The summed E-state index contributed by atoms with van der Waals surface area (Å²) in [6, 6.07) is 12.6. The summed E-state index contributed by atoms with van der Waals surface area (Å²) in [4.78, 5) is 14.4. The molecule has 0 amide bonds. The smallest absolute Gasteiger partial charge is 0.306 e. The van der Waals surface area contributed by atoms with Crippen LogP contribution in [0.5, 0.6) is 0 Å². The van der Waals surface area contributed by atoms with Crippen LogP contribution >= 0.6 is 0 Å². The van der Waals surface area contributed by atoms with E-state index in [9.17, 15) is 18.0 Å². The van der Waals surface area contributed by atoms with Crippen molar-refractivity contribution in [3.63, 3.8) is 0 Å². The van der Waals surface area contributed by atoms with E-state index < -0.39 is 17.4 Å². The second-order valence-corrected chi connectivity index (χ2v) is 4.70. The molecule has 2 aromatic carbocycles. The maximum atomic E-state index is 13.1. The Kier molecular flexibility index (Phi) is 3.08. The number of nitrogens with zero attached hydrogens (tertiary/aromatic N) is 1. The molecule has 0 saturated heterocycles. The zero-order chi connectivity index (χ0) is 15.0. The van der Waals surface area contributed by atoms with Gasteiger partial charge >= 0.3 is 11.9 Å². The lowest BCUT2D eigenvalue weighted by Gasteiger charge is -2.11. The monoisotopic (exact) mass is 292 g/mol. The lowest BCUT2D eigenvalue weighted by molar-refractivity contribution is -0.136. The predicted molar refractivity (Wildman–Crippen MR) is 73.1 cm³/mol. The lowest BCUT2D eigenvalue weighted by Crippen LogP contribution is -2.19. The van der Waals surface area contributed by atoms with Gasteiger partial charge in [0.2, 0.25) is 0 Å². The van der Waals surface area contributed by atoms with Crippen LogP contribution in [0.3, 0.4) is 0 Å². The fraction of sp³-hybridized carbons (Fsp3) is 0.133. The van der Waals surface area contributed by atoms with Gasteiger partial charge in [-0.1, -0.05) is 36.4 Å². The van der Waals surface area contributed by atoms with Crippen molar-refractivity contribution in [2.24, 2.45) is 0 Å². The fourth-order valence-electron chi connectivity index (χ4n) is 2.37. The Labute approximate surface area is 117 Å². The first-order chi connectivity index (χ1) is 9.97. The van der Waals surface area contributed by atoms with E-state index in [-0.39, 0.29) is 17.6 Å². The Morgan fingerprint density at radius 3 is 2.38 bits per heavy atom. The van der Waals surface area contributed by atoms with E-state index in [1.165, 1.54) is 12.1 Å². The normalized spacial score (nSPS) is 12.0. The summed E-state index contributed by atoms with van der Waals surface area (Å²) in [5, 5.41) is 0. The molecule has 0 aliphatic heterocycles. The first-order valence-electron chi connectivity index (χ1n) is 6.29. The molecule has 0 bridgehead atoms. The van der Waals surface area contributed by atoms with Gasteiger partial charge < -0.3 is 4.98 Å². The number of fused-ring (bicyclic) bond motifs is 1. The van der Waals surface area contributed by atoms with Gasteiger partial charge in [-0.25, -0.2) is 4.79 Å². The molecule has 0 aliphatic rings. The Bertz CT molecular complexity index is 831. The fourth-order valence-corrected chi connectivity index (χ4v) is 2.37. The summed E-state index contributed by atoms with van der Waals surface area (Å²) < 4.78 is 40.5. The van der Waals surface area contributed by atoms with E-state index in [2.05, 4.69) is 4.98 Å². The van der Waals surface area contributed by atoms with Gasteiger partial charge in [0.1, 0.15) is 0 Å². The Morgan fingerprint density at radius 2 is 1.71 bits per heavy atom. The molecule has 1 N–H and O–H groups in total. The van der Waals surface area contributed by atoms with Crippen molar-refractivity contribution in [2.75, 3.05) is 0 Å². The molecule has 3 rings (SSSR count). The molecule has 0 aliphatic carbocycles. The average Bonchev–Trinajstić information content (AvgIpc) is 2.75. The van der Waals surface area contributed by atoms with E-state index in [0.717, 1.165) is 16.2 Å². The van der Waals surface area contributed by atoms with Crippen LogP contribution in [0.1, 0.15) is 11.1 Å². The second kappa shape index (κ2) is 4.80. The van der Waals surface area contributed by atoms with Crippen molar-refractivity contribution in [1.29, 1.82) is 0 Å². The first-order valence-corrected chi connectivity index (χ1v) is 6.29. The Balaban J connectivity index is 2.23. The van der Waals surface area contributed by atoms with Gasteiger partial charge in [0, 0.05) is 0 Å². The highest BCUT2D eigenvalue weighted by Gasteiger charge is 2.34. The van der Waals surface area contributed by atoms with Gasteiger partial charge in [-0.3, -0.25) is 4.57 Å². The van der Waals surface area contributed by atoms with Crippen LogP contribution in [0, 0.1) is 0 Å². The van der Waals surface area contributed by atoms with E-state index in [1.54, 1.807) is 24.3 Å². The summed E-state index contributed by atoms with van der Waals surface area (Å²) in [5.41, 5.74) is -0.526. The number of aromatic amines is 1. The van der Waals surface area contributed by atoms with Gasteiger partial charge in [0.15, 0.2) is 0 Å². The zero-order valence-electron chi connectivity index (χ0n) is 10.8. The van der Waals surface area contributed by atoms with Crippen molar-refractivity contribution in [2.45, 2.75) is 12.7 Å². The standard InChI is InChI=1S/C15H11F3N2O/c16-15(17,18)11-7-4-8-12-13(11)20(14(21)19-12)9-10-5-2-1-3-6-10/h1-8H,9H2,(H,19,21). The molecule has 21 heavy (non-hydrogen) atoms. The van der Waals surface area contributed by atoms with Gasteiger partial charge in [-0.2, -0.15) is 13.2 Å². The predicted octanol–water partition coefficient (Wildman–Crippen LogP) is 3.40. The molecule has 108 valence electrons. The molecule has 0 radical (unpaired) electrons. The molecule has 6 heteroatoms. The Morgan fingerprint density at radius 1 is 1.00 bits per heavy atom. The van der Waals surface area contributed by atoms with Crippen molar-refractivity contribution in [1.82, 2.24) is 9.55 Å². The largest absolute Gasteiger partial charge is 0.418 e. The van der Waals surface area contributed by atoms with Crippen LogP contribution in [0.15, 0.2) is 53.3 Å². The maximum Gasteiger partial charge on any atom is 0.418 e. The van der Waals surface area contributed by atoms with Crippen molar-refractivity contribution >= 4 is 11.0 Å². The Hall–Kier alpha value is -2.50. The number of alkyl halides is 3. The number of rotatable bonds is 2. The minimum Gasteiger partial charge on any atom is -0.306 e. The molecule has 3 aromatic rings. The van der Waals surface area contributed by atoms with Gasteiger partial charge in [0.05, 0.1) is 23.1 Å². The summed E-state index contributed by atoms with van der Waals surface area (Å²) in [6.45, 7) is 0.0900. The van der Waals surface area contributed by atoms with Crippen LogP contribution in [0.4, 0.5) is 13.2 Å². The number of imidazole rings is 1. The first kappa shape index (κ1) is 13.5. The highest BCUT2D eigenvalue weighted by Crippen LogP contribution is 2.34. The topological polar surface area (TPSA) is 37.8 Å². The van der Waals surface area contributed by atoms with E-state index in [4.69, 9.17) is 0 Å². The quantitative estimate of drug-likeness (QED) is 0.772. The number of hydrogen-bond donors (Lipinski definition) is 1. The SMILES string of the molecule is O=c1[nH]c2cccc(C(F)(F)F)c2n1Cc1ccccc1. The number of halogens is 3. The van der Waals surface area contributed by atoms with E-state index in [1.807, 2.05) is 6.07 Å². The summed E-state index contributed by atoms with van der Waals surface area (Å²) in [6.07, 6.45) is -4.51. The molecule has 3 nitrogen and oxygen atoms in total. The number of hydrogen-bond acceptors (Lipinski definition) is 1. The van der Waals surface area contributed by atoms with Crippen LogP contribution in [0.2, 0.25) is 0 Å². The van der Waals surface area contributed by atoms with E-state index >= 15 is 0 Å². The van der Waals surface area contributed by atoms with Gasteiger partial charge in [0.25, 0.3) is 0 Å². The highest BCUT2D eigenvalue weighted by molar-refractivity contribution is 5.79. The molecule has 0 fully saturated rings. The zero-order valence-corrected chi connectivity index (χ0v) is 10.8. The molecule has 0 spiro atoms. The van der Waals surface area contributed by atoms with Gasteiger partial charge in [-0.05, 0) is 17.7 Å². The third-order valence-electron chi connectivity index (χ3n) is 3.28. The summed E-state index contributed by atoms with van der Waals surface area (Å²) in [7, 11) is 0. The molecule has 0 unspecified atom stereocenters. The van der Waals surface area contributed by atoms with Crippen molar-refractivity contribution in [3.05, 3.63) is 70.1 Å². The molecular weight excluding hydrogens is 281 g/mol. The maximum absolute atomic E-state index is 13.1. The number of para-hydroxylation sites is 1. The minimum atomic E-state index is -4.51. The number of aromatic nitrogens is 2. The minimum absolute atomic E-state index is 0.0900. The van der Waals surface area contributed by atoms with E-state index in [0.29, 0.717) is 0 Å². The van der Waals surface area contributed by atoms with Crippen LogP contribution in [-0.4, -0.2) is 9.55 Å². The summed E-state index contributed by atoms with van der Waals surface area (Å²) in [5.74, 6) is 0. The average molecular weight is 292 g/mol. The van der Waals surface area contributed by atoms with Crippen LogP contribution in [-0.2, 0) is 12.7 Å². The molecule has 1 aromatic heterocycles. The molecular formula is C15H11F3N2O. The van der Waals surface area contributed by atoms with Crippen LogP contribution in [0.25, 0.3) is 11.0 Å². The molecule has 0 saturated carbocycles. The number of nitrogens with one attached hydrogen (secondary N) is 1. The summed E-state index contributed by atoms with van der Waals surface area (Å²) >= 11 is 0. The van der Waals surface area contributed by atoms with Crippen LogP contribution < -0.4 is 5.69 Å². The molecule has 1 heterocycles. The van der Waals surface area contributed by atoms with Crippen molar-refractivity contribution < 1.29 is 13.2 Å². The molecule has 0 atom stereocenters. The third kappa shape index (κ3) is 2.44. The third-order valence-corrected chi connectivity index (χ3v) is 3.28. The highest BCUT2D eigenvalue weighted by atomic mass is 19.4. The van der Waals surface area contributed by atoms with Gasteiger partial charge in [-0.15, -0.1) is 0 Å².